The lowest BCUT2D eigenvalue weighted by Crippen LogP contribution is -2.24. The van der Waals surface area contributed by atoms with Gasteiger partial charge >= 0.3 is 5.97 Å². The van der Waals surface area contributed by atoms with E-state index in [4.69, 9.17) is 4.74 Å². The van der Waals surface area contributed by atoms with Crippen LogP contribution < -0.4 is 0 Å². The van der Waals surface area contributed by atoms with Crippen LogP contribution in [-0.4, -0.2) is 27.9 Å². The maximum absolute atomic E-state index is 11.9. The van der Waals surface area contributed by atoms with Crippen LogP contribution >= 0.6 is 0 Å². The smallest absolute Gasteiger partial charge is 0.335 e. The Morgan fingerprint density at radius 3 is 2.63 bits per heavy atom. The molecule has 2 atom stereocenters. The van der Waals surface area contributed by atoms with Gasteiger partial charge in [0, 0.05) is 17.6 Å². The van der Waals surface area contributed by atoms with Crippen molar-refractivity contribution in [3.63, 3.8) is 0 Å². The van der Waals surface area contributed by atoms with Crippen molar-refractivity contribution in [3.8, 4) is 0 Å². The quantitative estimate of drug-likeness (QED) is 0.281. The molecular weight excluding hydrogens is 376 g/mol. The van der Waals surface area contributed by atoms with Gasteiger partial charge in [-0.05, 0) is 77.0 Å². The number of ether oxygens (including phenoxy) is 1. The molecule has 0 saturated heterocycles. The van der Waals surface area contributed by atoms with Gasteiger partial charge in [0.1, 0.15) is 0 Å². The first kappa shape index (κ1) is 23.7. The Labute approximate surface area is 180 Å². The molecule has 0 aromatic carbocycles. The number of hydrogen-bond donors (Lipinski definition) is 1. The Morgan fingerprint density at radius 2 is 2.00 bits per heavy atom. The number of fused-ring (bicyclic) bond motifs is 1. The zero-order chi connectivity index (χ0) is 22.3. The van der Waals surface area contributed by atoms with Crippen LogP contribution in [0, 0.1) is 12.3 Å². The number of aliphatic hydroxyl groups is 1. The third-order valence-electron chi connectivity index (χ3n) is 5.45. The molecule has 1 aliphatic rings. The van der Waals surface area contributed by atoms with Crippen molar-refractivity contribution < 1.29 is 14.6 Å². The molecule has 0 amide bonds. The number of allylic oxidation sites excluding steroid dienone is 5. The van der Waals surface area contributed by atoms with E-state index in [9.17, 15) is 9.90 Å². The number of rotatable bonds is 7. The van der Waals surface area contributed by atoms with Gasteiger partial charge in [-0.3, -0.25) is 0 Å². The molecule has 0 saturated carbocycles. The van der Waals surface area contributed by atoms with E-state index in [1.54, 1.807) is 0 Å². The minimum Gasteiger partial charge on any atom is -0.432 e. The number of aromatic nitrogens is 2. The number of carbonyl (C=O) groups is 1. The molecule has 0 radical (unpaired) electrons. The fraction of sp³-hybridized carbons (Fsp3) is 0.480. The molecular formula is C25H34N2O3. The third kappa shape index (κ3) is 6.23. The van der Waals surface area contributed by atoms with Crippen LogP contribution in [0.5, 0.6) is 0 Å². The largest absolute Gasteiger partial charge is 0.432 e. The van der Waals surface area contributed by atoms with E-state index in [1.165, 1.54) is 17.9 Å². The monoisotopic (exact) mass is 410 g/mol. The highest BCUT2D eigenvalue weighted by Gasteiger charge is 2.37. The summed E-state index contributed by atoms with van der Waals surface area (Å²) in [7, 11) is 0. The summed E-state index contributed by atoms with van der Waals surface area (Å²) in [5.74, 6) is -0.420. The predicted octanol–water partition coefficient (Wildman–Crippen LogP) is 5.42. The predicted molar refractivity (Wildman–Crippen MR) is 121 cm³/mol. The number of nitrogens with zero attached hydrogens (tertiary/aromatic N) is 2. The average molecular weight is 411 g/mol. The lowest BCUT2D eigenvalue weighted by atomic mass is 9.69. The second kappa shape index (κ2) is 10.5. The van der Waals surface area contributed by atoms with Gasteiger partial charge in [-0.15, -0.1) is 0 Å². The third-order valence-corrected chi connectivity index (χ3v) is 5.45. The van der Waals surface area contributed by atoms with Crippen LogP contribution in [0.1, 0.15) is 76.8 Å². The fourth-order valence-corrected chi connectivity index (χ4v) is 3.83. The Morgan fingerprint density at radius 1 is 1.27 bits per heavy atom. The summed E-state index contributed by atoms with van der Waals surface area (Å²) in [4.78, 5) is 11.9. The number of aliphatic hydroxyl groups excluding tert-OH is 1. The second-order valence-electron chi connectivity index (χ2n) is 8.82. The highest BCUT2D eigenvalue weighted by atomic mass is 16.5. The van der Waals surface area contributed by atoms with Crippen LogP contribution in [0.25, 0.3) is 5.57 Å². The number of carbonyl (C=O) groups excluding carboxylic acids is 1. The van der Waals surface area contributed by atoms with Gasteiger partial charge in [-0.25, -0.2) is 4.79 Å². The summed E-state index contributed by atoms with van der Waals surface area (Å²) >= 11 is 0. The molecule has 1 aromatic rings. The summed E-state index contributed by atoms with van der Waals surface area (Å²) in [5.41, 5.74) is 5.40. The molecule has 2 rings (SSSR count). The molecule has 5 nitrogen and oxygen atoms in total. The van der Waals surface area contributed by atoms with Crippen molar-refractivity contribution in [2.24, 2.45) is 5.41 Å². The molecule has 1 aliphatic carbocycles. The topological polar surface area (TPSA) is 72.3 Å². The van der Waals surface area contributed by atoms with Gasteiger partial charge in [0.2, 0.25) is 0 Å². The van der Waals surface area contributed by atoms with Gasteiger partial charge in [-0.1, -0.05) is 30.2 Å². The van der Waals surface area contributed by atoms with Crippen molar-refractivity contribution in [2.45, 2.75) is 66.7 Å². The Balaban J connectivity index is 2.48. The standard InChI is InChI=1S/C25H34N2O3/c1-17(2)8-7-11-25(6)12-9-20(16-28)24-21(15-19(5)26-27-24)22(25)10-13-30-23(29)14-18(3)4/h8-10,13-15,22,28H,7,11-12,16H2,1-6H3/b13-10+/t22-,25-/m0/s1. The summed E-state index contributed by atoms with van der Waals surface area (Å²) in [6, 6.07) is 2.03. The summed E-state index contributed by atoms with van der Waals surface area (Å²) in [6.45, 7) is 12.0. The van der Waals surface area contributed by atoms with Crippen molar-refractivity contribution in [3.05, 3.63) is 64.7 Å². The second-order valence-corrected chi connectivity index (χ2v) is 8.82. The summed E-state index contributed by atoms with van der Waals surface area (Å²) in [5, 5.41) is 18.5. The van der Waals surface area contributed by atoms with Gasteiger partial charge in [0.05, 0.1) is 24.3 Å². The maximum atomic E-state index is 11.9. The van der Waals surface area contributed by atoms with Crippen LogP contribution in [0.15, 0.2) is 47.8 Å². The van der Waals surface area contributed by atoms with Crippen molar-refractivity contribution in [2.75, 3.05) is 6.61 Å². The van der Waals surface area contributed by atoms with E-state index in [1.807, 2.05) is 32.9 Å². The molecule has 0 unspecified atom stereocenters. The SMILES string of the molecule is CC(C)=CCC[C@@]1(C)CC=C(CO)c2nnc(C)cc2[C@@H]1/C=C/OC(=O)C=C(C)C. The first-order valence-electron chi connectivity index (χ1n) is 10.5. The van der Waals surface area contributed by atoms with E-state index >= 15 is 0 Å². The molecule has 1 N–H and O–H groups in total. The summed E-state index contributed by atoms with van der Waals surface area (Å²) in [6.07, 6.45) is 11.9. The molecule has 30 heavy (non-hydrogen) atoms. The highest BCUT2D eigenvalue weighted by molar-refractivity contribution is 5.83. The maximum Gasteiger partial charge on any atom is 0.335 e. The van der Waals surface area contributed by atoms with E-state index in [0.29, 0.717) is 0 Å². The van der Waals surface area contributed by atoms with Crippen molar-refractivity contribution in [1.82, 2.24) is 10.2 Å². The minimum atomic E-state index is -0.385. The minimum absolute atomic E-state index is 0.0351. The van der Waals surface area contributed by atoms with Gasteiger partial charge < -0.3 is 9.84 Å². The molecule has 0 aliphatic heterocycles. The molecule has 1 heterocycles. The number of esters is 1. The zero-order valence-electron chi connectivity index (χ0n) is 19.0. The highest BCUT2D eigenvalue weighted by Crippen LogP contribution is 2.48. The van der Waals surface area contributed by atoms with Gasteiger partial charge in [-0.2, -0.15) is 10.2 Å². The Hall–Kier alpha value is -2.53. The molecule has 0 bridgehead atoms. The van der Waals surface area contributed by atoms with Gasteiger partial charge in [0.25, 0.3) is 0 Å². The normalized spacial score (nSPS) is 20.8. The van der Waals surface area contributed by atoms with E-state index in [-0.39, 0.29) is 23.9 Å². The molecule has 162 valence electrons. The first-order chi connectivity index (χ1) is 14.2. The molecule has 0 fully saturated rings. The summed E-state index contributed by atoms with van der Waals surface area (Å²) < 4.78 is 5.32. The van der Waals surface area contributed by atoms with Crippen molar-refractivity contribution in [1.29, 1.82) is 0 Å². The van der Waals surface area contributed by atoms with E-state index in [2.05, 4.69) is 43.1 Å². The van der Waals surface area contributed by atoms with E-state index < -0.39 is 0 Å². The molecule has 0 spiro atoms. The Kier molecular flexibility index (Phi) is 8.30. The van der Waals surface area contributed by atoms with Crippen LogP contribution in [0.4, 0.5) is 0 Å². The van der Waals surface area contributed by atoms with Crippen LogP contribution in [0.3, 0.4) is 0 Å². The number of aryl methyl sites for hydroxylation is 1. The molecule has 1 aromatic heterocycles. The molecule has 5 heteroatoms. The first-order valence-corrected chi connectivity index (χ1v) is 10.5. The van der Waals surface area contributed by atoms with Gasteiger partial charge in [0.15, 0.2) is 0 Å². The lowest BCUT2D eigenvalue weighted by molar-refractivity contribution is -0.132. The van der Waals surface area contributed by atoms with Crippen LogP contribution in [-0.2, 0) is 9.53 Å². The van der Waals surface area contributed by atoms with Crippen LogP contribution in [0.2, 0.25) is 0 Å². The van der Waals surface area contributed by atoms with E-state index in [0.717, 1.165) is 47.4 Å². The Bertz CT molecular complexity index is 888. The zero-order valence-corrected chi connectivity index (χ0v) is 19.0. The van der Waals surface area contributed by atoms with Crippen molar-refractivity contribution >= 4 is 11.5 Å². The fourth-order valence-electron chi connectivity index (χ4n) is 3.83. The number of hydrogen-bond acceptors (Lipinski definition) is 5. The lowest BCUT2D eigenvalue weighted by Gasteiger charge is -2.35. The average Bonchev–Trinajstić information content (AvgIpc) is 2.76.